The molecule has 0 aliphatic carbocycles. The van der Waals surface area contributed by atoms with Crippen molar-refractivity contribution in [1.82, 2.24) is 0 Å². The number of aliphatic hydroxyl groups excluding tert-OH is 1. The van der Waals surface area contributed by atoms with Gasteiger partial charge in [-0.25, -0.2) is 0 Å². The zero-order valence-electron chi connectivity index (χ0n) is 8.00. The predicted octanol–water partition coefficient (Wildman–Crippen LogP) is 1.69. The van der Waals surface area contributed by atoms with Gasteiger partial charge < -0.3 is 15.9 Å². The van der Waals surface area contributed by atoms with Gasteiger partial charge in [0, 0.05) is 21.8 Å². The van der Waals surface area contributed by atoms with Crippen LogP contribution in [-0.4, -0.2) is 16.8 Å². The number of phenolic OH excluding ortho intramolecular Hbond substituents is 1. The highest BCUT2D eigenvalue weighted by molar-refractivity contribution is 14.1. The number of hydrogen-bond donors (Lipinski definition) is 3. The van der Waals surface area contributed by atoms with Crippen LogP contribution in [-0.2, 0) is 0 Å². The number of halogens is 1. The number of rotatable bonds is 3. The average Bonchev–Trinajstić information content (AvgIpc) is 2.11. The van der Waals surface area contributed by atoms with Crippen LogP contribution in [0.2, 0.25) is 0 Å². The normalized spacial score (nSPS) is 12.9. The lowest BCUT2D eigenvalue weighted by Crippen LogP contribution is -2.12. The molecule has 0 aliphatic rings. The summed E-state index contributed by atoms with van der Waals surface area (Å²) in [6.07, 6.45) is 0.465. The SMILES string of the molecule is Cc1cc(O)c(C(N)CCO)cc1I. The summed E-state index contributed by atoms with van der Waals surface area (Å²) in [7, 11) is 0. The number of hydrogen-bond acceptors (Lipinski definition) is 3. The summed E-state index contributed by atoms with van der Waals surface area (Å²) in [4.78, 5) is 0. The van der Waals surface area contributed by atoms with Crippen molar-refractivity contribution in [2.24, 2.45) is 5.73 Å². The Kier molecular flexibility index (Phi) is 4.15. The predicted molar refractivity (Wildman–Crippen MR) is 64.2 cm³/mol. The standard InChI is InChI=1S/C10H14INO2/c1-6-4-10(14)7(5-8(6)11)9(12)2-3-13/h4-5,9,13-14H,2-3,12H2,1H3. The lowest BCUT2D eigenvalue weighted by atomic mass is 10.0. The highest BCUT2D eigenvalue weighted by atomic mass is 127. The third-order valence-electron chi connectivity index (χ3n) is 2.15. The monoisotopic (exact) mass is 307 g/mol. The molecule has 0 saturated heterocycles. The number of phenols is 1. The Bertz CT molecular complexity index is 328. The maximum atomic E-state index is 9.65. The van der Waals surface area contributed by atoms with Crippen LogP contribution in [0.1, 0.15) is 23.6 Å². The van der Waals surface area contributed by atoms with Crippen LogP contribution in [0.5, 0.6) is 5.75 Å². The molecule has 0 amide bonds. The second kappa shape index (κ2) is 4.95. The first-order chi connectivity index (χ1) is 6.56. The van der Waals surface area contributed by atoms with E-state index in [1.165, 1.54) is 0 Å². The Morgan fingerprint density at radius 2 is 2.14 bits per heavy atom. The molecule has 1 aromatic rings. The van der Waals surface area contributed by atoms with E-state index in [2.05, 4.69) is 22.6 Å². The summed E-state index contributed by atoms with van der Waals surface area (Å²) in [5.41, 5.74) is 7.54. The molecule has 1 atom stereocenters. The van der Waals surface area contributed by atoms with E-state index in [-0.39, 0.29) is 18.4 Å². The van der Waals surface area contributed by atoms with Gasteiger partial charge in [0.15, 0.2) is 0 Å². The highest BCUT2D eigenvalue weighted by Crippen LogP contribution is 2.28. The fraction of sp³-hybridized carbons (Fsp3) is 0.400. The molecule has 0 saturated carbocycles. The van der Waals surface area contributed by atoms with E-state index < -0.39 is 0 Å². The molecule has 3 nitrogen and oxygen atoms in total. The second-order valence-electron chi connectivity index (χ2n) is 3.28. The van der Waals surface area contributed by atoms with E-state index in [4.69, 9.17) is 10.8 Å². The lowest BCUT2D eigenvalue weighted by molar-refractivity contribution is 0.275. The molecule has 1 unspecified atom stereocenters. The topological polar surface area (TPSA) is 66.5 Å². The van der Waals surface area contributed by atoms with Crippen molar-refractivity contribution in [2.45, 2.75) is 19.4 Å². The molecule has 78 valence electrons. The van der Waals surface area contributed by atoms with Crippen molar-refractivity contribution in [2.75, 3.05) is 6.61 Å². The van der Waals surface area contributed by atoms with Crippen molar-refractivity contribution < 1.29 is 10.2 Å². The summed E-state index contributed by atoms with van der Waals surface area (Å²) >= 11 is 2.20. The highest BCUT2D eigenvalue weighted by Gasteiger charge is 2.12. The third-order valence-corrected chi connectivity index (χ3v) is 3.31. The Morgan fingerprint density at radius 3 is 2.71 bits per heavy atom. The fourth-order valence-corrected chi connectivity index (χ4v) is 1.76. The minimum absolute atomic E-state index is 0.0328. The van der Waals surface area contributed by atoms with Gasteiger partial charge in [-0.2, -0.15) is 0 Å². The molecule has 1 rings (SSSR count). The van der Waals surface area contributed by atoms with Gasteiger partial charge in [-0.05, 0) is 53.6 Å². The van der Waals surface area contributed by atoms with Crippen LogP contribution in [0.15, 0.2) is 12.1 Å². The number of nitrogens with two attached hydrogens (primary N) is 1. The summed E-state index contributed by atoms with van der Waals surface area (Å²) in [5, 5.41) is 18.4. The van der Waals surface area contributed by atoms with Crippen molar-refractivity contribution >= 4 is 22.6 Å². The molecule has 0 aliphatic heterocycles. The fourth-order valence-electron chi connectivity index (χ4n) is 1.27. The van der Waals surface area contributed by atoms with Crippen molar-refractivity contribution in [3.05, 3.63) is 26.8 Å². The maximum Gasteiger partial charge on any atom is 0.120 e. The molecule has 0 spiro atoms. The van der Waals surface area contributed by atoms with Crippen LogP contribution < -0.4 is 5.73 Å². The Hall–Kier alpha value is -0.330. The first kappa shape index (κ1) is 11.7. The zero-order valence-corrected chi connectivity index (χ0v) is 10.2. The van der Waals surface area contributed by atoms with Crippen LogP contribution in [0.3, 0.4) is 0 Å². The molecule has 0 bridgehead atoms. The van der Waals surface area contributed by atoms with E-state index in [1.807, 2.05) is 13.0 Å². The van der Waals surface area contributed by atoms with E-state index in [9.17, 15) is 5.11 Å². The first-order valence-electron chi connectivity index (χ1n) is 4.41. The largest absolute Gasteiger partial charge is 0.508 e. The molecule has 0 fully saturated rings. The van der Waals surface area contributed by atoms with Gasteiger partial charge in [0.2, 0.25) is 0 Å². The van der Waals surface area contributed by atoms with Gasteiger partial charge in [-0.1, -0.05) is 0 Å². The number of aromatic hydroxyl groups is 1. The van der Waals surface area contributed by atoms with E-state index in [1.54, 1.807) is 6.07 Å². The van der Waals surface area contributed by atoms with E-state index in [0.717, 1.165) is 9.13 Å². The van der Waals surface area contributed by atoms with Gasteiger partial charge in [0.05, 0.1) is 0 Å². The number of aryl methyl sites for hydroxylation is 1. The van der Waals surface area contributed by atoms with Crippen LogP contribution in [0.25, 0.3) is 0 Å². The van der Waals surface area contributed by atoms with Crippen LogP contribution in [0.4, 0.5) is 0 Å². The van der Waals surface area contributed by atoms with Crippen molar-refractivity contribution in [1.29, 1.82) is 0 Å². The molecule has 0 radical (unpaired) electrons. The van der Waals surface area contributed by atoms with Crippen molar-refractivity contribution in [3.8, 4) is 5.75 Å². The average molecular weight is 307 g/mol. The summed E-state index contributed by atoms with van der Waals surface area (Å²) < 4.78 is 1.07. The van der Waals surface area contributed by atoms with Gasteiger partial charge in [-0.3, -0.25) is 0 Å². The van der Waals surface area contributed by atoms with Crippen LogP contribution >= 0.6 is 22.6 Å². The van der Waals surface area contributed by atoms with Gasteiger partial charge in [0.25, 0.3) is 0 Å². The molecule has 14 heavy (non-hydrogen) atoms. The molecular weight excluding hydrogens is 293 g/mol. The minimum atomic E-state index is -0.297. The number of aliphatic hydroxyl groups is 1. The molecule has 0 heterocycles. The van der Waals surface area contributed by atoms with Crippen molar-refractivity contribution in [3.63, 3.8) is 0 Å². The zero-order chi connectivity index (χ0) is 10.7. The molecule has 1 aromatic carbocycles. The van der Waals surface area contributed by atoms with Gasteiger partial charge >= 0.3 is 0 Å². The molecule has 4 heteroatoms. The quantitative estimate of drug-likeness (QED) is 0.745. The third kappa shape index (κ3) is 2.59. The Labute approximate surface area is 97.1 Å². The van der Waals surface area contributed by atoms with Gasteiger partial charge in [0.1, 0.15) is 5.75 Å². The number of benzene rings is 1. The Balaban J connectivity index is 3.02. The van der Waals surface area contributed by atoms with E-state index >= 15 is 0 Å². The Morgan fingerprint density at radius 1 is 1.50 bits per heavy atom. The maximum absolute atomic E-state index is 9.65. The smallest absolute Gasteiger partial charge is 0.120 e. The summed E-state index contributed by atoms with van der Waals surface area (Å²) in [5.74, 6) is 0.212. The second-order valence-corrected chi connectivity index (χ2v) is 4.44. The molecular formula is C10H14INO2. The first-order valence-corrected chi connectivity index (χ1v) is 5.49. The lowest BCUT2D eigenvalue weighted by Gasteiger charge is -2.13. The molecule has 0 aromatic heterocycles. The minimum Gasteiger partial charge on any atom is -0.508 e. The van der Waals surface area contributed by atoms with Crippen LogP contribution in [0, 0.1) is 10.5 Å². The molecule has 4 N–H and O–H groups in total. The van der Waals surface area contributed by atoms with E-state index in [0.29, 0.717) is 12.0 Å². The summed E-state index contributed by atoms with van der Waals surface area (Å²) in [6, 6.07) is 3.27. The summed E-state index contributed by atoms with van der Waals surface area (Å²) in [6.45, 7) is 1.97. The van der Waals surface area contributed by atoms with Gasteiger partial charge in [-0.15, -0.1) is 0 Å².